The Labute approximate surface area is 72.4 Å². The molecule has 64 valence electrons. The van der Waals surface area contributed by atoms with Gasteiger partial charge in [0.1, 0.15) is 9.80 Å². The number of rotatable bonds is 2. The van der Waals surface area contributed by atoms with E-state index in [1.807, 2.05) is 0 Å². The van der Waals surface area contributed by atoms with Crippen molar-refractivity contribution in [3.63, 3.8) is 0 Å². The molecule has 0 saturated carbocycles. The van der Waals surface area contributed by atoms with Gasteiger partial charge in [-0.2, -0.15) is 0 Å². The van der Waals surface area contributed by atoms with Gasteiger partial charge in [0.2, 0.25) is 0 Å². The maximum atomic E-state index is 11.0. The molecule has 2 nitrogen and oxygen atoms in total. The average Bonchev–Trinajstić information content (AvgIpc) is 2.03. The molecule has 0 aromatic heterocycles. The third-order valence-corrected chi connectivity index (χ3v) is 2.49. The molecule has 0 spiro atoms. The molecule has 0 aliphatic rings. The van der Waals surface area contributed by atoms with E-state index in [0.717, 1.165) is 5.56 Å². The summed E-state index contributed by atoms with van der Waals surface area (Å²) in [5, 5.41) is 0. The van der Waals surface area contributed by atoms with E-state index in [1.165, 1.54) is 0 Å². The Hall–Kier alpha value is -1.06. The Kier molecular flexibility index (Phi) is 2.35. The van der Waals surface area contributed by atoms with E-state index in [0.29, 0.717) is 4.90 Å². The summed E-state index contributed by atoms with van der Waals surface area (Å²) in [7, 11) is -3.06. The van der Waals surface area contributed by atoms with E-state index in [1.54, 1.807) is 30.3 Å². The highest BCUT2D eigenvalue weighted by molar-refractivity contribution is 7.95. The Balaban J connectivity index is 3.17. The lowest BCUT2D eigenvalue weighted by Crippen LogP contribution is -1.96. The molecule has 0 heterocycles. The third kappa shape index (κ3) is 1.96. The first-order valence-electron chi connectivity index (χ1n) is 3.36. The van der Waals surface area contributed by atoms with Gasteiger partial charge in [0.25, 0.3) is 0 Å². The first kappa shape index (κ1) is 9.03. The summed E-state index contributed by atoms with van der Waals surface area (Å²) in [4.78, 5) is 0.341. The van der Waals surface area contributed by atoms with Crippen LogP contribution in [0.4, 0.5) is 0 Å². The van der Waals surface area contributed by atoms with Gasteiger partial charge >= 0.3 is 0 Å². The summed E-state index contributed by atoms with van der Waals surface area (Å²) in [5.41, 5.74) is 0.919. The fraction of sp³-hybridized carbons (Fsp3) is 0. The predicted molar refractivity (Wildman–Crippen MR) is 52.7 cm³/mol. The lowest BCUT2D eigenvalue weighted by molar-refractivity contribution is 0.560. The van der Waals surface area contributed by atoms with E-state index < -0.39 is 9.80 Å². The molecule has 1 unspecified atom stereocenters. The lowest BCUT2D eigenvalue weighted by atomic mass is 10.2. The highest BCUT2D eigenvalue weighted by Gasteiger charge is 2.00. The van der Waals surface area contributed by atoms with Crippen LogP contribution >= 0.6 is 0 Å². The minimum Gasteiger partial charge on any atom is -0.310 e. The van der Waals surface area contributed by atoms with E-state index in [2.05, 4.69) is 12.4 Å². The van der Waals surface area contributed by atoms with E-state index >= 15 is 0 Å². The van der Waals surface area contributed by atoms with Crippen LogP contribution in [-0.4, -0.2) is 14.6 Å². The largest absolute Gasteiger partial charge is 0.310 e. The molecule has 0 fully saturated rings. The van der Waals surface area contributed by atoms with Crippen LogP contribution in [0.15, 0.2) is 35.7 Å². The molecule has 12 heavy (non-hydrogen) atoms. The van der Waals surface area contributed by atoms with Gasteiger partial charge in [-0.15, -0.1) is 0 Å². The van der Waals surface area contributed by atoms with Crippen molar-refractivity contribution in [3.05, 3.63) is 36.4 Å². The SMILES string of the molecule is C=Cc1ccc(S(=C)(=O)O)cc1. The fourth-order valence-corrected chi connectivity index (χ4v) is 1.38. The van der Waals surface area contributed by atoms with Crippen LogP contribution in [-0.2, 0) is 9.80 Å². The molecule has 0 radical (unpaired) electrons. The first-order valence-corrected chi connectivity index (χ1v) is 5.04. The standard InChI is InChI=1S/C9H10O2S/c1-3-8-4-6-9(7-5-8)12(2,10)11/h3-7H,1-2H2,(H,10,11). The van der Waals surface area contributed by atoms with Crippen molar-refractivity contribution in [2.45, 2.75) is 4.90 Å². The normalized spacial score (nSPS) is 15.1. The monoisotopic (exact) mass is 182 g/mol. The van der Waals surface area contributed by atoms with E-state index in [9.17, 15) is 4.21 Å². The van der Waals surface area contributed by atoms with Crippen LogP contribution in [0.1, 0.15) is 5.56 Å². The quantitative estimate of drug-likeness (QED) is 0.709. The van der Waals surface area contributed by atoms with Gasteiger partial charge in [0, 0.05) is 0 Å². The van der Waals surface area contributed by atoms with Gasteiger partial charge in [0.15, 0.2) is 0 Å². The number of hydrogen-bond acceptors (Lipinski definition) is 1. The van der Waals surface area contributed by atoms with Crippen molar-refractivity contribution in [2.24, 2.45) is 0 Å². The molecule has 3 heteroatoms. The summed E-state index contributed by atoms with van der Waals surface area (Å²) in [5.74, 6) is 3.15. The summed E-state index contributed by atoms with van der Waals surface area (Å²) >= 11 is 0. The Morgan fingerprint density at radius 1 is 1.33 bits per heavy atom. The Bertz CT molecular complexity index is 373. The second-order valence-corrected chi connectivity index (χ2v) is 4.17. The zero-order valence-electron chi connectivity index (χ0n) is 6.56. The van der Waals surface area contributed by atoms with Crippen LogP contribution < -0.4 is 0 Å². The third-order valence-electron chi connectivity index (χ3n) is 1.48. The van der Waals surface area contributed by atoms with Crippen LogP contribution in [0.25, 0.3) is 6.08 Å². The Morgan fingerprint density at radius 2 is 1.83 bits per heavy atom. The topological polar surface area (TPSA) is 37.3 Å². The predicted octanol–water partition coefficient (Wildman–Crippen LogP) is 1.88. The fourth-order valence-electron chi connectivity index (χ4n) is 0.817. The highest BCUT2D eigenvalue weighted by atomic mass is 32.2. The molecular formula is C9H10O2S. The summed E-state index contributed by atoms with van der Waals surface area (Å²) in [6, 6.07) is 6.60. The Morgan fingerprint density at radius 3 is 2.17 bits per heavy atom. The minimum absolute atomic E-state index is 0.341. The second kappa shape index (κ2) is 3.13. The van der Waals surface area contributed by atoms with Crippen LogP contribution in [0.2, 0.25) is 0 Å². The summed E-state index contributed by atoms with van der Waals surface area (Å²) < 4.78 is 20.1. The molecule has 0 saturated heterocycles. The van der Waals surface area contributed by atoms with Gasteiger partial charge in [-0.3, -0.25) is 0 Å². The second-order valence-electron chi connectivity index (χ2n) is 2.41. The number of benzene rings is 1. The molecule has 1 aromatic carbocycles. The van der Waals surface area contributed by atoms with Crippen LogP contribution in [0, 0.1) is 0 Å². The molecule has 1 N–H and O–H groups in total. The van der Waals surface area contributed by atoms with Gasteiger partial charge in [-0.05, 0) is 23.6 Å². The van der Waals surface area contributed by atoms with Crippen LogP contribution in [0.5, 0.6) is 0 Å². The first-order chi connectivity index (χ1) is 5.54. The van der Waals surface area contributed by atoms with E-state index in [-0.39, 0.29) is 0 Å². The van der Waals surface area contributed by atoms with E-state index in [4.69, 9.17) is 4.55 Å². The molecule has 0 bridgehead atoms. The van der Waals surface area contributed by atoms with Crippen molar-refractivity contribution in [3.8, 4) is 0 Å². The van der Waals surface area contributed by atoms with Crippen molar-refractivity contribution in [1.82, 2.24) is 0 Å². The van der Waals surface area contributed by atoms with Gasteiger partial charge < -0.3 is 4.55 Å². The molecule has 1 aromatic rings. The average molecular weight is 182 g/mol. The molecule has 0 amide bonds. The smallest absolute Gasteiger partial charge is 0.104 e. The lowest BCUT2D eigenvalue weighted by Gasteiger charge is -2.00. The van der Waals surface area contributed by atoms with Crippen LogP contribution in [0.3, 0.4) is 0 Å². The van der Waals surface area contributed by atoms with Crippen molar-refractivity contribution >= 4 is 21.7 Å². The van der Waals surface area contributed by atoms with Crippen molar-refractivity contribution in [2.75, 3.05) is 0 Å². The zero-order valence-corrected chi connectivity index (χ0v) is 7.38. The highest BCUT2D eigenvalue weighted by Crippen LogP contribution is 2.10. The molecule has 1 atom stereocenters. The molecule has 1 rings (SSSR count). The van der Waals surface area contributed by atoms with Crippen molar-refractivity contribution in [1.29, 1.82) is 0 Å². The molecular weight excluding hydrogens is 172 g/mol. The zero-order chi connectivity index (χ0) is 9.19. The maximum absolute atomic E-state index is 11.0. The minimum atomic E-state index is -3.06. The summed E-state index contributed by atoms with van der Waals surface area (Å²) in [6.07, 6.45) is 1.67. The summed E-state index contributed by atoms with van der Waals surface area (Å²) in [6.45, 7) is 3.57. The molecule has 0 aliphatic heterocycles. The van der Waals surface area contributed by atoms with Crippen molar-refractivity contribution < 1.29 is 8.76 Å². The van der Waals surface area contributed by atoms with Gasteiger partial charge in [-0.1, -0.05) is 24.8 Å². The molecule has 0 aliphatic carbocycles. The van der Waals surface area contributed by atoms with Gasteiger partial charge in [-0.25, -0.2) is 4.21 Å². The number of hydrogen-bond donors (Lipinski definition) is 1. The maximum Gasteiger partial charge on any atom is 0.104 e. The van der Waals surface area contributed by atoms with Gasteiger partial charge in [0.05, 0.1) is 4.90 Å².